The number of thioether (sulfide) groups is 1. The molecule has 1 aliphatic rings. The number of aromatic amines is 1. The lowest BCUT2D eigenvalue weighted by atomic mass is 10.2. The standard InChI is InChI=1S/C22H27N7O4S/c1-33-11-5-10-27(17(30)13-34-22-26-24-14-29(22)16-8-9-16)18-19(23)28(21(32)25-20(18)31)12-15-6-3-2-4-7-15/h2-4,6-7,14,16H,5,8-13,23H2,1H3,(H,25,31,32). The van der Waals surface area contributed by atoms with Gasteiger partial charge >= 0.3 is 5.69 Å². The molecule has 0 radical (unpaired) electrons. The second-order valence-electron chi connectivity index (χ2n) is 8.00. The summed E-state index contributed by atoms with van der Waals surface area (Å²) in [6.07, 6.45) is 4.29. The van der Waals surface area contributed by atoms with Gasteiger partial charge in [-0.1, -0.05) is 42.1 Å². The summed E-state index contributed by atoms with van der Waals surface area (Å²) in [5.74, 6) is -0.349. The molecule has 1 aromatic carbocycles. The van der Waals surface area contributed by atoms with Crippen molar-refractivity contribution < 1.29 is 9.53 Å². The Balaban J connectivity index is 1.62. The van der Waals surface area contributed by atoms with Crippen LogP contribution < -0.4 is 21.9 Å². The Hall–Kier alpha value is -3.38. The number of benzene rings is 1. The third-order valence-electron chi connectivity index (χ3n) is 5.50. The average molecular weight is 486 g/mol. The first kappa shape index (κ1) is 23.8. The van der Waals surface area contributed by atoms with E-state index < -0.39 is 11.2 Å². The number of rotatable bonds is 11. The minimum atomic E-state index is -0.705. The average Bonchev–Trinajstić information content (AvgIpc) is 3.57. The van der Waals surface area contributed by atoms with E-state index >= 15 is 0 Å². The number of aromatic nitrogens is 5. The predicted molar refractivity (Wildman–Crippen MR) is 129 cm³/mol. The number of nitrogens with zero attached hydrogens (tertiary/aromatic N) is 5. The van der Waals surface area contributed by atoms with E-state index in [4.69, 9.17) is 10.5 Å². The van der Waals surface area contributed by atoms with Crippen molar-refractivity contribution in [1.29, 1.82) is 0 Å². The molecule has 0 unspecified atom stereocenters. The Kier molecular flexibility index (Phi) is 7.48. The maximum atomic E-state index is 13.3. The second-order valence-corrected chi connectivity index (χ2v) is 8.94. The molecule has 12 heteroatoms. The minimum absolute atomic E-state index is 0.0368. The molecule has 0 spiro atoms. The monoisotopic (exact) mass is 485 g/mol. The number of carbonyl (C=O) groups is 1. The molecule has 1 amide bonds. The molecule has 0 atom stereocenters. The fourth-order valence-electron chi connectivity index (χ4n) is 3.63. The Labute approximate surface area is 199 Å². The molecular weight excluding hydrogens is 458 g/mol. The molecule has 34 heavy (non-hydrogen) atoms. The molecule has 1 fully saturated rings. The van der Waals surface area contributed by atoms with Gasteiger partial charge in [0.25, 0.3) is 5.56 Å². The van der Waals surface area contributed by atoms with Crippen LogP contribution in [-0.4, -0.2) is 56.2 Å². The molecule has 0 aliphatic heterocycles. The summed E-state index contributed by atoms with van der Waals surface area (Å²) in [7, 11) is 1.56. The molecular formula is C22H27N7O4S. The maximum Gasteiger partial charge on any atom is 0.330 e. The van der Waals surface area contributed by atoms with E-state index in [9.17, 15) is 14.4 Å². The van der Waals surface area contributed by atoms with Gasteiger partial charge < -0.3 is 19.9 Å². The molecule has 2 aromatic heterocycles. The van der Waals surface area contributed by atoms with Crippen LogP contribution in [0.1, 0.15) is 30.9 Å². The summed E-state index contributed by atoms with van der Waals surface area (Å²) in [4.78, 5) is 42.3. The summed E-state index contributed by atoms with van der Waals surface area (Å²) in [6.45, 7) is 0.766. The highest BCUT2D eigenvalue weighted by molar-refractivity contribution is 7.99. The Morgan fingerprint density at radius 3 is 2.76 bits per heavy atom. The van der Waals surface area contributed by atoms with Crippen molar-refractivity contribution >= 4 is 29.2 Å². The van der Waals surface area contributed by atoms with Gasteiger partial charge in [-0.15, -0.1) is 10.2 Å². The van der Waals surface area contributed by atoms with Crippen LogP contribution in [0, 0.1) is 0 Å². The summed E-state index contributed by atoms with van der Waals surface area (Å²) in [5, 5.41) is 8.72. The van der Waals surface area contributed by atoms with Crippen LogP contribution in [0.2, 0.25) is 0 Å². The Morgan fingerprint density at radius 1 is 1.29 bits per heavy atom. The highest BCUT2D eigenvalue weighted by atomic mass is 32.2. The van der Waals surface area contributed by atoms with Gasteiger partial charge in [-0.25, -0.2) is 4.79 Å². The van der Waals surface area contributed by atoms with Crippen molar-refractivity contribution in [3.8, 4) is 0 Å². The number of ether oxygens (including phenoxy) is 1. The summed E-state index contributed by atoms with van der Waals surface area (Å²) >= 11 is 1.26. The van der Waals surface area contributed by atoms with Crippen molar-refractivity contribution in [2.24, 2.45) is 0 Å². The molecule has 3 aromatic rings. The number of hydrogen-bond acceptors (Lipinski definition) is 8. The third kappa shape index (κ3) is 5.39. The minimum Gasteiger partial charge on any atom is -0.385 e. The van der Waals surface area contributed by atoms with Crippen LogP contribution in [0.5, 0.6) is 0 Å². The van der Waals surface area contributed by atoms with Crippen LogP contribution in [-0.2, 0) is 16.1 Å². The van der Waals surface area contributed by atoms with Gasteiger partial charge in [0.05, 0.1) is 12.3 Å². The number of carbonyl (C=O) groups excluding carboxylic acids is 1. The van der Waals surface area contributed by atoms with E-state index in [1.54, 1.807) is 13.4 Å². The summed E-state index contributed by atoms with van der Waals surface area (Å²) in [6, 6.07) is 9.65. The number of hydrogen-bond donors (Lipinski definition) is 2. The Morgan fingerprint density at radius 2 is 2.06 bits per heavy atom. The third-order valence-corrected chi connectivity index (χ3v) is 6.45. The summed E-state index contributed by atoms with van der Waals surface area (Å²) < 4.78 is 8.35. The largest absolute Gasteiger partial charge is 0.385 e. The SMILES string of the molecule is COCCCN(C(=O)CSc1nncn1C1CC1)c1c(N)n(Cc2ccccc2)c(=O)[nH]c1=O. The molecule has 11 nitrogen and oxygen atoms in total. The van der Waals surface area contributed by atoms with E-state index in [1.807, 2.05) is 34.9 Å². The van der Waals surface area contributed by atoms with Gasteiger partial charge in [-0.2, -0.15) is 0 Å². The first-order valence-corrected chi connectivity index (χ1v) is 12.0. The van der Waals surface area contributed by atoms with Crippen LogP contribution in [0.4, 0.5) is 11.5 Å². The lowest BCUT2D eigenvalue weighted by Gasteiger charge is -2.24. The van der Waals surface area contributed by atoms with Crippen LogP contribution in [0.15, 0.2) is 51.4 Å². The van der Waals surface area contributed by atoms with Crippen LogP contribution >= 0.6 is 11.8 Å². The van der Waals surface area contributed by atoms with E-state index in [1.165, 1.54) is 21.2 Å². The normalized spacial score (nSPS) is 13.2. The number of amides is 1. The van der Waals surface area contributed by atoms with Gasteiger partial charge in [0, 0.05) is 26.3 Å². The first-order chi connectivity index (χ1) is 16.5. The zero-order valence-electron chi connectivity index (χ0n) is 18.8. The van der Waals surface area contributed by atoms with Crippen LogP contribution in [0.25, 0.3) is 0 Å². The van der Waals surface area contributed by atoms with Crippen molar-refractivity contribution in [1.82, 2.24) is 24.3 Å². The topological polar surface area (TPSA) is 141 Å². The van der Waals surface area contributed by atoms with Gasteiger partial charge in [0.2, 0.25) is 5.91 Å². The predicted octanol–water partition coefficient (Wildman–Crippen LogP) is 1.26. The van der Waals surface area contributed by atoms with Crippen molar-refractivity contribution in [2.45, 2.75) is 37.0 Å². The number of nitrogens with two attached hydrogens (primary N) is 1. The number of nitrogens with one attached hydrogen (secondary N) is 1. The van der Waals surface area contributed by atoms with Crippen molar-refractivity contribution in [2.75, 3.05) is 36.6 Å². The molecule has 180 valence electrons. The van der Waals surface area contributed by atoms with E-state index in [0.29, 0.717) is 24.2 Å². The Bertz CT molecular complexity index is 1250. The highest BCUT2D eigenvalue weighted by Crippen LogP contribution is 2.37. The fourth-order valence-corrected chi connectivity index (χ4v) is 4.49. The lowest BCUT2D eigenvalue weighted by Crippen LogP contribution is -2.42. The molecule has 4 rings (SSSR count). The smallest absolute Gasteiger partial charge is 0.330 e. The zero-order chi connectivity index (χ0) is 24.1. The highest BCUT2D eigenvalue weighted by Gasteiger charge is 2.28. The van der Waals surface area contributed by atoms with Gasteiger partial charge in [0.1, 0.15) is 12.1 Å². The summed E-state index contributed by atoms with van der Waals surface area (Å²) in [5.41, 5.74) is 5.78. The van der Waals surface area contributed by atoms with Gasteiger partial charge in [0.15, 0.2) is 10.8 Å². The number of anilines is 2. The fraction of sp³-hybridized carbons (Fsp3) is 0.409. The molecule has 3 N–H and O–H groups in total. The van der Waals surface area contributed by atoms with Crippen molar-refractivity contribution in [3.63, 3.8) is 0 Å². The number of H-pyrrole nitrogens is 1. The lowest BCUT2D eigenvalue weighted by molar-refractivity contribution is -0.116. The molecule has 1 saturated carbocycles. The molecule has 1 aliphatic carbocycles. The first-order valence-electron chi connectivity index (χ1n) is 11.0. The zero-order valence-corrected chi connectivity index (χ0v) is 19.7. The molecule has 0 saturated heterocycles. The maximum absolute atomic E-state index is 13.3. The molecule has 2 heterocycles. The van der Waals surface area contributed by atoms with Crippen LogP contribution in [0.3, 0.4) is 0 Å². The quantitative estimate of drug-likeness (QED) is 0.305. The van der Waals surface area contributed by atoms with E-state index in [0.717, 1.165) is 18.4 Å². The van der Waals surface area contributed by atoms with E-state index in [2.05, 4.69) is 15.2 Å². The number of methoxy groups -OCH3 is 1. The van der Waals surface area contributed by atoms with Gasteiger partial charge in [-0.05, 0) is 24.8 Å². The van der Waals surface area contributed by atoms with Crippen molar-refractivity contribution in [3.05, 3.63) is 63.1 Å². The number of nitrogen functional groups attached to an aromatic ring is 1. The van der Waals surface area contributed by atoms with E-state index in [-0.39, 0.29) is 36.3 Å². The van der Waals surface area contributed by atoms with Gasteiger partial charge in [-0.3, -0.25) is 19.1 Å². The second kappa shape index (κ2) is 10.7. The molecule has 0 bridgehead atoms.